The molecule has 3 aromatic rings. The number of aryl methyl sites for hydroxylation is 3. The highest BCUT2D eigenvalue weighted by molar-refractivity contribution is 7.92. The fraction of sp³-hybridized carbons (Fsp3) is 0.269. The molecule has 0 spiro atoms. The average Bonchev–Trinajstić information content (AvgIpc) is 2.82. The number of nitrogens with zero attached hydrogens (tertiary/aromatic N) is 1. The summed E-state index contributed by atoms with van der Waals surface area (Å²) in [5.41, 5.74) is 10.9. The molecule has 1 aliphatic rings. The Balaban J connectivity index is 1.47. The molecule has 3 aromatic carbocycles. The number of carbonyl (C=O) groups is 1. The summed E-state index contributed by atoms with van der Waals surface area (Å²) in [6.07, 6.45) is 2.74. The Kier molecular flexibility index (Phi) is 6.81. The zero-order chi connectivity index (χ0) is 23.4. The average molecular weight is 464 g/mol. The molecule has 3 N–H and O–H groups in total. The maximum absolute atomic E-state index is 13.0. The van der Waals surface area contributed by atoms with Crippen LogP contribution in [0.3, 0.4) is 0 Å². The Bertz CT molecular complexity index is 1250. The number of hydrogen-bond donors (Lipinski definition) is 2. The van der Waals surface area contributed by atoms with E-state index in [1.54, 1.807) is 31.2 Å². The van der Waals surface area contributed by atoms with E-state index in [-0.39, 0.29) is 10.8 Å². The number of benzene rings is 3. The number of hydrogen-bond acceptors (Lipinski definition) is 4. The SMILES string of the molecule is Cc1ccccc1S(=O)(=O)Nc1ccc2c(c1)CCCN2C(=O)CCc1ccc(CN)cc1. The van der Waals surface area contributed by atoms with Gasteiger partial charge in [0, 0.05) is 30.9 Å². The Morgan fingerprint density at radius 2 is 1.76 bits per heavy atom. The third-order valence-electron chi connectivity index (χ3n) is 6.02. The van der Waals surface area contributed by atoms with Crippen molar-refractivity contribution in [1.29, 1.82) is 0 Å². The molecule has 7 heteroatoms. The molecule has 0 fully saturated rings. The van der Waals surface area contributed by atoms with Gasteiger partial charge in [-0.2, -0.15) is 0 Å². The number of amides is 1. The van der Waals surface area contributed by atoms with Gasteiger partial charge in [0.15, 0.2) is 0 Å². The van der Waals surface area contributed by atoms with E-state index in [1.165, 1.54) is 0 Å². The Hall–Kier alpha value is -3.16. The number of fused-ring (bicyclic) bond motifs is 1. The van der Waals surface area contributed by atoms with Crippen molar-refractivity contribution in [2.45, 2.75) is 44.0 Å². The van der Waals surface area contributed by atoms with Crippen LogP contribution in [0, 0.1) is 6.92 Å². The normalized spacial score (nSPS) is 13.5. The molecular weight excluding hydrogens is 434 g/mol. The van der Waals surface area contributed by atoms with Crippen LogP contribution >= 0.6 is 0 Å². The Morgan fingerprint density at radius 3 is 2.48 bits per heavy atom. The van der Waals surface area contributed by atoms with Crippen molar-refractivity contribution in [2.75, 3.05) is 16.2 Å². The highest BCUT2D eigenvalue weighted by Gasteiger charge is 2.24. The molecule has 33 heavy (non-hydrogen) atoms. The van der Waals surface area contributed by atoms with Gasteiger partial charge in [0.05, 0.1) is 4.90 Å². The van der Waals surface area contributed by atoms with E-state index >= 15 is 0 Å². The monoisotopic (exact) mass is 463 g/mol. The molecule has 0 unspecified atom stereocenters. The van der Waals surface area contributed by atoms with E-state index in [0.717, 1.165) is 35.2 Å². The molecule has 1 aliphatic heterocycles. The lowest BCUT2D eigenvalue weighted by molar-refractivity contribution is -0.118. The van der Waals surface area contributed by atoms with E-state index < -0.39 is 10.0 Å². The summed E-state index contributed by atoms with van der Waals surface area (Å²) < 4.78 is 28.4. The van der Waals surface area contributed by atoms with Gasteiger partial charge in [-0.1, -0.05) is 42.5 Å². The molecule has 0 saturated heterocycles. The number of nitrogens with one attached hydrogen (secondary N) is 1. The lowest BCUT2D eigenvalue weighted by atomic mass is 10.00. The topological polar surface area (TPSA) is 92.5 Å². The van der Waals surface area contributed by atoms with Crippen molar-refractivity contribution in [1.82, 2.24) is 0 Å². The standard InChI is InChI=1S/C26H29N3O3S/c1-19-5-2-3-7-25(19)33(31,32)28-23-13-14-24-22(17-23)6-4-16-29(24)26(30)15-12-20-8-10-21(18-27)11-9-20/h2-3,5,7-11,13-14,17,28H,4,6,12,15-16,18,27H2,1H3. The van der Waals surface area contributed by atoms with Crippen molar-refractivity contribution < 1.29 is 13.2 Å². The second-order valence-corrected chi connectivity index (χ2v) is 10.0. The summed E-state index contributed by atoms with van der Waals surface area (Å²) in [6, 6.07) is 20.3. The quantitative estimate of drug-likeness (QED) is 0.550. The highest BCUT2D eigenvalue weighted by Crippen LogP contribution is 2.31. The van der Waals surface area contributed by atoms with Gasteiger partial charge in [-0.15, -0.1) is 0 Å². The maximum atomic E-state index is 13.0. The summed E-state index contributed by atoms with van der Waals surface area (Å²) in [5, 5.41) is 0. The number of carbonyl (C=O) groups excluding carboxylic acids is 1. The summed E-state index contributed by atoms with van der Waals surface area (Å²) in [5.74, 6) is 0.0760. The highest BCUT2D eigenvalue weighted by atomic mass is 32.2. The van der Waals surface area contributed by atoms with Gasteiger partial charge in [0.25, 0.3) is 10.0 Å². The van der Waals surface area contributed by atoms with Crippen LogP contribution in [0.2, 0.25) is 0 Å². The zero-order valence-electron chi connectivity index (χ0n) is 18.8. The minimum Gasteiger partial charge on any atom is -0.326 e. The molecule has 1 amide bonds. The van der Waals surface area contributed by atoms with E-state index in [4.69, 9.17) is 5.73 Å². The third kappa shape index (κ3) is 5.26. The number of anilines is 2. The molecule has 0 saturated carbocycles. The molecule has 0 bridgehead atoms. The third-order valence-corrected chi connectivity index (χ3v) is 7.56. The van der Waals surface area contributed by atoms with Crippen LogP contribution in [0.1, 0.15) is 35.1 Å². The fourth-order valence-electron chi connectivity index (χ4n) is 4.22. The fourth-order valence-corrected chi connectivity index (χ4v) is 5.51. The first-order valence-electron chi connectivity index (χ1n) is 11.2. The summed E-state index contributed by atoms with van der Waals surface area (Å²) in [7, 11) is -3.68. The molecule has 0 atom stereocenters. The number of sulfonamides is 1. The molecule has 0 radical (unpaired) electrons. The summed E-state index contributed by atoms with van der Waals surface area (Å²) in [6.45, 7) is 2.95. The van der Waals surface area contributed by atoms with E-state index in [0.29, 0.717) is 37.2 Å². The first kappa shape index (κ1) is 23.0. The van der Waals surface area contributed by atoms with E-state index in [2.05, 4.69) is 4.72 Å². The van der Waals surface area contributed by atoms with E-state index in [1.807, 2.05) is 47.4 Å². The Labute approximate surface area is 195 Å². The van der Waals surface area contributed by atoms with Crippen molar-refractivity contribution in [3.8, 4) is 0 Å². The van der Waals surface area contributed by atoms with Gasteiger partial charge >= 0.3 is 0 Å². The predicted molar refractivity (Wildman–Crippen MR) is 132 cm³/mol. The zero-order valence-corrected chi connectivity index (χ0v) is 19.6. The van der Waals surface area contributed by atoms with Crippen LogP contribution in [0.4, 0.5) is 11.4 Å². The van der Waals surface area contributed by atoms with Crippen LogP contribution in [0.5, 0.6) is 0 Å². The van der Waals surface area contributed by atoms with Gasteiger partial charge in [0.1, 0.15) is 0 Å². The van der Waals surface area contributed by atoms with Crippen LogP contribution < -0.4 is 15.4 Å². The minimum atomic E-state index is -3.68. The van der Waals surface area contributed by atoms with E-state index in [9.17, 15) is 13.2 Å². The summed E-state index contributed by atoms with van der Waals surface area (Å²) in [4.78, 5) is 15.1. The predicted octanol–water partition coefficient (Wildman–Crippen LogP) is 4.17. The van der Waals surface area contributed by atoms with Crippen molar-refractivity contribution in [3.63, 3.8) is 0 Å². The lowest BCUT2D eigenvalue weighted by Gasteiger charge is -2.30. The van der Waals surface area contributed by atoms with Crippen molar-refractivity contribution in [2.24, 2.45) is 5.73 Å². The van der Waals surface area contributed by atoms with Crippen LogP contribution in [0.15, 0.2) is 71.6 Å². The summed E-state index contributed by atoms with van der Waals surface area (Å²) >= 11 is 0. The van der Waals surface area contributed by atoms with Gasteiger partial charge in [-0.05, 0) is 72.7 Å². The maximum Gasteiger partial charge on any atom is 0.262 e. The van der Waals surface area contributed by atoms with Crippen molar-refractivity contribution >= 4 is 27.3 Å². The van der Waals surface area contributed by atoms with Gasteiger partial charge in [-0.3, -0.25) is 9.52 Å². The number of nitrogens with two attached hydrogens (primary N) is 1. The largest absolute Gasteiger partial charge is 0.326 e. The molecule has 4 rings (SSSR count). The van der Waals surface area contributed by atoms with Crippen LogP contribution in [-0.4, -0.2) is 20.9 Å². The first-order valence-corrected chi connectivity index (χ1v) is 12.7. The Morgan fingerprint density at radius 1 is 1.03 bits per heavy atom. The number of rotatable bonds is 7. The van der Waals surface area contributed by atoms with Gasteiger partial charge < -0.3 is 10.6 Å². The second kappa shape index (κ2) is 9.77. The minimum absolute atomic E-state index is 0.0760. The molecule has 1 heterocycles. The molecule has 172 valence electrons. The molecule has 6 nitrogen and oxygen atoms in total. The van der Waals surface area contributed by atoms with Crippen LogP contribution in [-0.2, 0) is 34.2 Å². The lowest BCUT2D eigenvalue weighted by Crippen LogP contribution is -2.35. The van der Waals surface area contributed by atoms with Gasteiger partial charge in [-0.25, -0.2) is 8.42 Å². The second-order valence-electron chi connectivity index (χ2n) is 8.38. The van der Waals surface area contributed by atoms with Crippen LogP contribution in [0.25, 0.3) is 0 Å². The van der Waals surface area contributed by atoms with Crippen molar-refractivity contribution in [3.05, 3.63) is 89.0 Å². The first-order chi connectivity index (χ1) is 15.9. The molecular formula is C26H29N3O3S. The molecule has 0 aromatic heterocycles. The molecule has 0 aliphatic carbocycles. The smallest absolute Gasteiger partial charge is 0.262 e. The van der Waals surface area contributed by atoms with Gasteiger partial charge in [0.2, 0.25) is 5.91 Å².